The zero-order valence-electron chi connectivity index (χ0n) is 11.7. The quantitative estimate of drug-likeness (QED) is 0.918. The molecule has 0 saturated heterocycles. The molecule has 1 amide bonds. The molecule has 0 radical (unpaired) electrons. The number of anilines is 1. The van der Waals surface area contributed by atoms with Crippen LogP contribution in [0.3, 0.4) is 0 Å². The summed E-state index contributed by atoms with van der Waals surface area (Å²) in [5.41, 5.74) is 0.720. The third-order valence-corrected chi connectivity index (χ3v) is 3.08. The van der Waals surface area contributed by atoms with E-state index in [0.29, 0.717) is 22.9 Å². The van der Waals surface area contributed by atoms with E-state index in [0.717, 1.165) is 0 Å². The molecular formula is C14H14ClNO5. The van der Waals surface area contributed by atoms with Crippen molar-refractivity contribution in [2.24, 2.45) is 0 Å². The number of benzene rings is 1. The molecule has 0 aliphatic heterocycles. The lowest BCUT2D eigenvalue weighted by molar-refractivity contribution is 0.102. The second-order valence-corrected chi connectivity index (χ2v) is 4.32. The molecule has 21 heavy (non-hydrogen) atoms. The van der Waals surface area contributed by atoms with Gasteiger partial charge in [0.15, 0.2) is 11.5 Å². The summed E-state index contributed by atoms with van der Waals surface area (Å²) < 4.78 is 20.5. The zero-order chi connectivity index (χ0) is 15.4. The number of methoxy groups -OCH3 is 3. The van der Waals surface area contributed by atoms with Gasteiger partial charge in [-0.3, -0.25) is 4.79 Å². The predicted molar refractivity (Wildman–Crippen MR) is 77.8 cm³/mol. The fraction of sp³-hybridized carbons (Fsp3) is 0.214. The van der Waals surface area contributed by atoms with E-state index in [1.54, 1.807) is 12.1 Å². The minimum absolute atomic E-state index is 0.0277. The number of nitrogens with one attached hydrogen (secondary N) is 1. The van der Waals surface area contributed by atoms with E-state index in [2.05, 4.69) is 5.32 Å². The molecule has 7 heteroatoms. The minimum atomic E-state index is -0.400. The SMILES string of the molecule is COc1cc(NC(=O)c2ccoc2Cl)cc(OC)c1OC. The van der Waals surface area contributed by atoms with Crippen molar-refractivity contribution in [2.75, 3.05) is 26.6 Å². The van der Waals surface area contributed by atoms with Gasteiger partial charge in [-0.15, -0.1) is 0 Å². The summed E-state index contributed by atoms with van der Waals surface area (Å²) in [5.74, 6) is 0.915. The second kappa shape index (κ2) is 6.41. The summed E-state index contributed by atoms with van der Waals surface area (Å²) in [5, 5.41) is 2.71. The Morgan fingerprint density at radius 2 is 1.76 bits per heavy atom. The minimum Gasteiger partial charge on any atom is -0.493 e. The van der Waals surface area contributed by atoms with Crippen LogP contribution < -0.4 is 19.5 Å². The van der Waals surface area contributed by atoms with Gasteiger partial charge in [-0.25, -0.2) is 0 Å². The van der Waals surface area contributed by atoms with Gasteiger partial charge in [0.25, 0.3) is 5.91 Å². The van der Waals surface area contributed by atoms with Gasteiger partial charge in [0.2, 0.25) is 11.0 Å². The van der Waals surface area contributed by atoms with E-state index >= 15 is 0 Å². The first kappa shape index (κ1) is 15.1. The first-order valence-electron chi connectivity index (χ1n) is 5.95. The Balaban J connectivity index is 2.32. The van der Waals surface area contributed by atoms with Crippen LogP contribution in [0.4, 0.5) is 5.69 Å². The van der Waals surface area contributed by atoms with Gasteiger partial charge in [0.05, 0.1) is 33.2 Å². The van der Waals surface area contributed by atoms with Gasteiger partial charge in [-0.2, -0.15) is 0 Å². The summed E-state index contributed by atoms with van der Waals surface area (Å²) in [4.78, 5) is 12.1. The average Bonchev–Trinajstić information content (AvgIpc) is 2.92. The van der Waals surface area contributed by atoms with Crippen LogP contribution in [0.5, 0.6) is 17.2 Å². The van der Waals surface area contributed by atoms with Gasteiger partial charge in [-0.1, -0.05) is 0 Å². The monoisotopic (exact) mass is 311 g/mol. The van der Waals surface area contributed by atoms with Gasteiger partial charge in [0, 0.05) is 17.8 Å². The largest absolute Gasteiger partial charge is 0.493 e. The van der Waals surface area contributed by atoms with E-state index in [-0.39, 0.29) is 10.8 Å². The molecule has 1 aromatic heterocycles. The molecule has 1 N–H and O–H groups in total. The van der Waals surface area contributed by atoms with Gasteiger partial charge in [-0.05, 0) is 17.7 Å². The van der Waals surface area contributed by atoms with E-state index in [1.165, 1.54) is 33.7 Å². The maximum Gasteiger partial charge on any atom is 0.260 e. The molecule has 0 bridgehead atoms. The van der Waals surface area contributed by atoms with E-state index in [9.17, 15) is 4.79 Å². The van der Waals surface area contributed by atoms with Gasteiger partial charge >= 0.3 is 0 Å². The number of hydrogen-bond acceptors (Lipinski definition) is 5. The van der Waals surface area contributed by atoms with Gasteiger partial charge in [0.1, 0.15) is 0 Å². The van der Waals surface area contributed by atoms with Crippen LogP contribution in [0.15, 0.2) is 28.9 Å². The average molecular weight is 312 g/mol. The normalized spacial score (nSPS) is 10.1. The molecule has 1 aromatic carbocycles. The highest BCUT2D eigenvalue weighted by Crippen LogP contribution is 2.40. The summed E-state index contributed by atoms with van der Waals surface area (Å²) in [6.07, 6.45) is 1.34. The summed E-state index contributed by atoms with van der Waals surface area (Å²) in [7, 11) is 4.50. The van der Waals surface area contributed by atoms with Crippen molar-refractivity contribution in [3.8, 4) is 17.2 Å². The fourth-order valence-electron chi connectivity index (χ4n) is 1.81. The number of carbonyl (C=O) groups excluding carboxylic acids is 1. The Hall–Kier alpha value is -2.34. The van der Waals surface area contributed by atoms with Crippen LogP contribution in [-0.2, 0) is 0 Å². The topological polar surface area (TPSA) is 69.9 Å². The lowest BCUT2D eigenvalue weighted by atomic mass is 10.2. The number of halogens is 1. The van der Waals surface area contributed by atoms with Crippen molar-refractivity contribution in [2.45, 2.75) is 0 Å². The molecule has 0 aliphatic rings. The van der Waals surface area contributed by atoms with Crippen LogP contribution in [0.2, 0.25) is 5.22 Å². The first-order valence-corrected chi connectivity index (χ1v) is 6.32. The van der Waals surface area contributed by atoms with E-state index in [1.807, 2.05) is 0 Å². The van der Waals surface area contributed by atoms with Crippen molar-refractivity contribution in [1.82, 2.24) is 0 Å². The second-order valence-electron chi connectivity index (χ2n) is 3.98. The van der Waals surface area contributed by atoms with Crippen molar-refractivity contribution < 1.29 is 23.4 Å². The molecule has 0 unspecified atom stereocenters. The third-order valence-electron chi connectivity index (χ3n) is 2.79. The lowest BCUT2D eigenvalue weighted by Gasteiger charge is -2.14. The number of furan rings is 1. The van der Waals surface area contributed by atoms with Crippen molar-refractivity contribution in [1.29, 1.82) is 0 Å². The van der Waals surface area contributed by atoms with Crippen LogP contribution >= 0.6 is 11.6 Å². The van der Waals surface area contributed by atoms with Crippen LogP contribution in [-0.4, -0.2) is 27.2 Å². The van der Waals surface area contributed by atoms with E-state index in [4.69, 9.17) is 30.2 Å². The highest BCUT2D eigenvalue weighted by atomic mass is 35.5. The van der Waals surface area contributed by atoms with Gasteiger partial charge < -0.3 is 23.9 Å². The Morgan fingerprint density at radius 1 is 1.14 bits per heavy atom. The zero-order valence-corrected chi connectivity index (χ0v) is 12.5. The lowest BCUT2D eigenvalue weighted by Crippen LogP contribution is -2.11. The smallest absolute Gasteiger partial charge is 0.260 e. The summed E-state index contributed by atoms with van der Waals surface area (Å²) in [6, 6.07) is 4.72. The summed E-state index contributed by atoms with van der Waals surface area (Å²) in [6.45, 7) is 0. The number of ether oxygens (including phenoxy) is 3. The van der Waals surface area contributed by atoms with Crippen LogP contribution in [0.1, 0.15) is 10.4 Å². The molecule has 112 valence electrons. The maximum absolute atomic E-state index is 12.1. The molecule has 0 fully saturated rings. The van der Waals surface area contributed by atoms with Crippen LogP contribution in [0, 0.1) is 0 Å². The molecule has 2 rings (SSSR count). The molecule has 6 nitrogen and oxygen atoms in total. The number of amides is 1. The molecule has 0 atom stereocenters. The Labute approximate surface area is 126 Å². The highest BCUT2D eigenvalue weighted by molar-refractivity contribution is 6.32. The number of carbonyl (C=O) groups is 1. The molecule has 2 aromatic rings. The first-order chi connectivity index (χ1) is 10.1. The van der Waals surface area contributed by atoms with Crippen molar-refractivity contribution >= 4 is 23.2 Å². The van der Waals surface area contributed by atoms with Crippen LogP contribution in [0.25, 0.3) is 0 Å². The predicted octanol–water partition coefficient (Wildman–Crippen LogP) is 3.21. The Bertz CT molecular complexity index is 628. The Kier molecular flexibility index (Phi) is 4.59. The molecule has 1 heterocycles. The standard InChI is InChI=1S/C14H14ClNO5/c1-18-10-6-8(7-11(19-2)12(10)20-3)16-14(17)9-4-5-21-13(9)15/h4-7H,1-3H3,(H,16,17). The molecule has 0 saturated carbocycles. The molecule has 0 spiro atoms. The maximum atomic E-state index is 12.1. The van der Waals surface area contributed by atoms with Crippen molar-refractivity contribution in [3.05, 3.63) is 35.2 Å². The molecular weight excluding hydrogens is 298 g/mol. The fourth-order valence-corrected chi connectivity index (χ4v) is 2.01. The number of hydrogen-bond donors (Lipinski definition) is 1. The Morgan fingerprint density at radius 3 is 2.19 bits per heavy atom. The number of rotatable bonds is 5. The van der Waals surface area contributed by atoms with E-state index < -0.39 is 5.91 Å². The summed E-state index contributed by atoms with van der Waals surface area (Å²) >= 11 is 5.77. The molecule has 0 aliphatic carbocycles. The highest BCUT2D eigenvalue weighted by Gasteiger charge is 2.17. The third kappa shape index (κ3) is 3.05. The van der Waals surface area contributed by atoms with Crippen molar-refractivity contribution in [3.63, 3.8) is 0 Å².